The minimum Gasteiger partial charge on any atom is -0.490 e. The Morgan fingerprint density at radius 3 is 2.82 bits per heavy atom. The van der Waals surface area contributed by atoms with E-state index in [0.29, 0.717) is 13.2 Å². The van der Waals surface area contributed by atoms with Crippen molar-refractivity contribution in [3.05, 3.63) is 29.6 Å². The minimum absolute atomic E-state index is 0.0519. The summed E-state index contributed by atoms with van der Waals surface area (Å²) in [6.07, 6.45) is 0.864. The van der Waals surface area contributed by atoms with Gasteiger partial charge in [0.15, 0.2) is 0 Å². The summed E-state index contributed by atoms with van der Waals surface area (Å²) in [5.74, 6) is 0.483. The van der Waals surface area contributed by atoms with Gasteiger partial charge in [0.2, 0.25) is 0 Å². The van der Waals surface area contributed by atoms with Crippen LogP contribution in [-0.2, 0) is 11.3 Å². The van der Waals surface area contributed by atoms with Crippen LogP contribution in [0.1, 0.15) is 18.9 Å². The number of rotatable bonds is 7. The Morgan fingerprint density at radius 1 is 1.41 bits per heavy atom. The molecule has 0 saturated carbocycles. The third-order valence-electron chi connectivity index (χ3n) is 2.45. The van der Waals surface area contributed by atoms with Crippen molar-refractivity contribution in [2.75, 3.05) is 20.8 Å². The van der Waals surface area contributed by atoms with Crippen LogP contribution in [0.2, 0.25) is 0 Å². The van der Waals surface area contributed by atoms with Gasteiger partial charge in [0, 0.05) is 32.2 Å². The van der Waals surface area contributed by atoms with Crippen molar-refractivity contribution in [1.29, 1.82) is 0 Å². The zero-order valence-corrected chi connectivity index (χ0v) is 10.6. The van der Waals surface area contributed by atoms with Gasteiger partial charge in [-0.25, -0.2) is 4.39 Å². The van der Waals surface area contributed by atoms with Crippen molar-refractivity contribution in [1.82, 2.24) is 5.32 Å². The zero-order valence-electron chi connectivity index (χ0n) is 10.6. The molecule has 3 nitrogen and oxygen atoms in total. The first-order chi connectivity index (χ1) is 8.17. The highest BCUT2D eigenvalue weighted by atomic mass is 19.1. The second-order valence-corrected chi connectivity index (χ2v) is 3.99. The van der Waals surface area contributed by atoms with Crippen molar-refractivity contribution in [3.63, 3.8) is 0 Å². The molecule has 0 aliphatic carbocycles. The fraction of sp³-hybridized carbons (Fsp3) is 0.538. The average Bonchev–Trinajstić information content (AvgIpc) is 2.30. The maximum atomic E-state index is 13.1. The number of benzene rings is 1. The van der Waals surface area contributed by atoms with Crippen LogP contribution in [0, 0.1) is 5.82 Å². The van der Waals surface area contributed by atoms with Crippen molar-refractivity contribution >= 4 is 0 Å². The molecule has 1 N–H and O–H groups in total. The first-order valence-electron chi connectivity index (χ1n) is 5.76. The summed E-state index contributed by atoms with van der Waals surface area (Å²) in [7, 11) is 3.49. The summed E-state index contributed by atoms with van der Waals surface area (Å²) in [5.41, 5.74) is 0.830. The van der Waals surface area contributed by atoms with Crippen LogP contribution >= 0.6 is 0 Å². The zero-order chi connectivity index (χ0) is 12.7. The molecule has 4 heteroatoms. The van der Waals surface area contributed by atoms with E-state index in [1.54, 1.807) is 13.2 Å². The quantitative estimate of drug-likeness (QED) is 0.795. The summed E-state index contributed by atoms with van der Waals surface area (Å²) in [4.78, 5) is 0. The molecular formula is C13H20FNO2. The molecule has 96 valence electrons. The number of nitrogens with one attached hydrogen (secondary N) is 1. The fourth-order valence-corrected chi connectivity index (χ4v) is 1.55. The lowest BCUT2D eigenvalue weighted by Crippen LogP contribution is -2.16. The van der Waals surface area contributed by atoms with Gasteiger partial charge in [-0.1, -0.05) is 0 Å². The molecular weight excluding hydrogens is 221 g/mol. The van der Waals surface area contributed by atoms with E-state index in [0.717, 1.165) is 17.7 Å². The molecule has 0 amide bonds. The molecule has 0 saturated heterocycles. The molecule has 1 atom stereocenters. The highest BCUT2D eigenvalue weighted by Gasteiger charge is 2.09. The highest BCUT2D eigenvalue weighted by Crippen LogP contribution is 2.21. The van der Waals surface area contributed by atoms with Gasteiger partial charge in [-0.15, -0.1) is 0 Å². The lowest BCUT2D eigenvalue weighted by molar-refractivity contribution is 0.134. The molecule has 1 rings (SSSR count). The first kappa shape index (κ1) is 13.9. The van der Waals surface area contributed by atoms with Crippen molar-refractivity contribution < 1.29 is 13.9 Å². The topological polar surface area (TPSA) is 30.5 Å². The Hall–Kier alpha value is -1.13. The van der Waals surface area contributed by atoms with Crippen LogP contribution in [0.4, 0.5) is 4.39 Å². The number of methoxy groups -OCH3 is 1. The van der Waals surface area contributed by atoms with E-state index < -0.39 is 0 Å². The normalized spacial score (nSPS) is 12.5. The summed E-state index contributed by atoms with van der Waals surface area (Å²) in [5, 5.41) is 3.00. The molecule has 0 aromatic heterocycles. The predicted molar refractivity (Wildman–Crippen MR) is 65.7 cm³/mol. The molecule has 0 radical (unpaired) electrons. The van der Waals surface area contributed by atoms with Crippen molar-refractivity contribution in [3.8, 4) is 5.75 Å². The summed E-state index contributed by atoms with van der Waals surface area (Å²) >= 11 is 0. The van der Waals surface area contributed by atoms with Gasteiger partial charge in [-0.05, 0) is 32.2 Å². The minimum atomic E-state index is -0.243. The number of halogens is 1. The standard InChI is InChI=1S/C13H20FNO2/c1-10(6-7-16-3)17-13-5-4-12(14)8-11(13)9-15-2/h4-5,8,10,15H,6-7,9H2,1-3H3. The smallest absolute Gasteiger partial charge is 0.124 e. The molecule has 0 aliphatic rings. The summed E-state index contributed by atoms with van der Waals surface area (Å²) in [6.45, 7) is 3.22. The Balaban J connectivity index is 2.68. The molecule has 0 aliphatic heterocycles. The van der Waals surface area contributed by atoms with Gasteiger partial charge in [-0.3, -0.25) is 0 Å². The van der Waals surface area contributed by atoms with Gasteiger partial charge < -0.3 is 14.8 Å². The second kappa shape index (κ2) is 7.25. The molecule has 1 unspecified atom stereocenters. The van der Waals surface area contributed by atoms with Crippen LogP contribution in [0.3, 0.4) is 0 Å². The van der Waals surface area contributed by atoms with E-state index in [9.17, 15) is 4.39 Å². The molecule has 0 bridgehead atoms. The van der Waals surface area contributed by atoms with E-state index in [4.69, 9.17) is 9.47 Å². The average molecular weight is 241 g/mol. The Morgan fingerprint density at radius 2 is 2.18 bits per heavy atom. The van der Waals surface area contributed by atoms with Crippen LogP contribution in [0.25, 0.3) is 0 Å². The van der Waals surface area contributed by atoms with Crippen LogP contribution < -0.4 is 10.1 Å². The van der Waals surface area contributed by atoms with Crippen LogP contribution in [0.5, 0.6) is 5.75 Å². The number of ether oxygens (including phenoxy) is 2. The summed E-state index contributed by atoms with van der Waals surface area (Å²) < 4.78 is 23.9. The number of hydrogen-bond acceptors (Lipinski definition) is 3. The lowest BCUT2D eigenvalue weighted by atomic mass is 10.2. The fourth-order valence-electron chi connectivity index (χ4n) is 1.55. The number of hydrogen-bond donors (Lipinski definition) is 1. The van der Waals surface area contributed by atoms with Gasteiger partial charge in [0.1, 0.15) is 11.6 Å². The monoisotopic (exact) mass is 241 g/mol. The summed E-state index contributed by atoms with van der Waals surface area (Å²) in [6, 6.07) is 4.58. The maximum absolute atomic E-state index is 13.1. The Bertz CT molecular complexity index is 344. The van der Waals surface area contributed by atoms with Crippen LogP contribution in [0.15, 0.2) is 18.2 Å². The molecule has 1 aromatic rings. The Labute approximate surface area is 102 Å². The Kier molecular flexibility index (Phi) is 5.94. The maximum Gasteiger partial charge on any atom is 0.124 e. The first-order valence-corrected chi connectivity index (χ1v) is 5.76. The van der Waals surface area contributed by atoms with Gasteiger partial charge in [0.25, 0.3) is 0 Å². The second-order valence-electron chi connectivity index (χ2n) is 3.99. The third-order valence-corrected chi connectivity index (χ3v) is 2.45. The van der Waals surface area contributed by atoms with Gasteiger partial charge in [0.05, 0.1) is 6.10 Å². The van der Waals surface area contributed by atoms with Crippen molar-refractivity contribution in [2.45, 2.75) is 26.0 Å². The van der Waals surface area contributed by atoms with E-state index in [-0.39, 0.29) is 11.9 Å². The highest BCUT2D eigenvalue weighted by molar-refractivity contribution is 5.34. The van der Waals surface area contributed by atoms with E-state index in [1.165, 1.54) is 12.1 Å². The van der Waals surface area contributed by atoms with Gasteiger partial charge in [-0.2, -0.15) is 0 Å². The predicted octanol–water partition coefficient (Wildman–Crippen LogP) is 2.35. The SMILES string of the molecule is CNCc1cc(F)ccc1OC(C)CCOC. The van der Waals surface area contributed by atoms with E-state index >= 15 is 0 Å². The van der Waals surface area contributed by atoms with E-state index in [1.807, 2.05) is 14.0 Å². The largest absolute Gasteiger partial charge is 0.490 e. The van der Waals surface area contributed by atoms with Gasteiger partial charge >= 0.3 is 0 Å². The molecule has 17 heavy (non-hydrogen) atoms. The third kappa shape index (κ3) is 4.71. The molecule has 0 spiro atoms. The van der Waals surface area contributed by atoms with Crippen molar-refractivity contribution in [2.24, 2.45) is 0 Å². The lowest BCUT2D eigenvalue weighted by Gasteiger charge is -2.17. The molecule has 0 heterocycles. The molecule has 1 aromatic carbocycles. The van der Waals surface area contributed by atoms with E-state index in [2.05, 4.69) is 5.32 Å². The van der Waals surface area contributed by atoms with Crippen LogP contribution in [-0.4, -0.2) is 26.9 Å². The molecule has 0 fully saturated rings.